The Labute approximate surface area is 153 Å². The van der Waals surface area contributed by atoms with Gasteiger partial charge in [-0.1, -0.05) is 18.2 Å². The molecular weight excluding hydrogens is 361 g/mol. The summed E-state index contributed by atoms with van der Waals surface area (Å²) in [5.41, 5.74) is -0.839. The number of hydrogen-bond donors (Lipinski definition) is 1. The Balaban J connectivity index is 1.37. The number of imide groups is 1. The lowest BCUT2D eigenvalue weighted by atomic mass is 9.85. The average Bonchev–Trinajstić information content (AvgIpc) is 3.27. The fraction of sp³-hybridized carbons (Fsp3) is 0.421. The molecule has 1 saturated heterocycles. The third kappa shape index (κ3) is 3.02. The van der Waals surface area contributed by atoms with Crippen LogP contribution >= 0.6 is 0 Å². The number of halogens is 3. The molecule has 3 aliphatic rings. The molecule has 0 radical (unpaired) electrons. The summed E-state index contributed by atoms with van der Waals surface area (Å²) in [6, 6.07) is 4.32. The van der Waals surface area contributed by atoms with Crippen molar-refractivity contribution in [3.63, 3.8) is 0 Å². The first kappa shape index (κ1) is 17.8. The quantitative estimate of drug-likeness (QED) is 0.647. The number of carbonyl (C=O) groups excluding carboxylic acids is 3. The third-order valence-corrected chi connectivity index (χ3v) is 5.60. The van der Waals surface area contributed by atoms with Crippen LogP contribution < -0.4 is 5.32 Å². The summed E-state index contributed by atoms with van der Waals surface area (Å²) >= 11 is 0. The number of amides is 3. The molecule has 27 heavy (non-hydrogen) atoms. The summed E-state index contributed by atoms with van der Waals surface area (Å²) in [6.07, 6.45) is 0.147. The van der Waals surface area contributed by atoms with Crippen molar-refractivity contribution in [2.24, 2.45) is 23.7 Å². The van der Waals surface area contributed by atoms with Gasteiger partial charge < -0.3 is 5.32 Å². The Morgan fingerprint density at radius 1 is 1.11 bits per heavy atom. The van der Waals surface area contributed by atoms with Gasteiger partial charge >= 0.3 is 6.18 Å². The van der Waals surface area contributed by atoms with Gasteiger partial charge in [-0.05, 0) is 36.5 Å². The van der Waals surface area contributed by atoms with E-state index in [1.807, 2.05) is 12.2 Å². The van der Waals surface area contributed by atoms with Crippen molar-refractivity contribution in [1.82, 2.24) is 4.90 Å². The van der Waals surface area contributed by atoms with Crippen molar-refractivity contribution >= 4 is 23.4 Å². The lowest BCUT2D eigenvalue weighted by Gasteiger charge is -2.17. The number of hydrogen-bond acceptors (Lipinski definition) is 3. The molecular formula is C19H17F3N2O3. The number of benzene rings is 1. The standard InChI is InChI=1S/C19H17F3N2O3/c20-19(21,22)12-2-1-3-13(9-12)23-14(25)6-7-24-17(26)15-10-4-5-11(8-10)16(15)18(24)27/h1-5,9-11,15-16H,6-8H2,(H,23,25). The van der Waals surface area contributed by atoms with E-state index < -0.39 is 17.6 Å². The van der Waals surface area contributed by atoms with Gasteiger partial charge in [-0.2, -0.15) is 13.2 Å². The molecule has 2 fully saturated rings. The van der Waals surface area contributed by atoms with Gasteiger partial charge in [0.25, 0.3) is 0 Å². The fourth-order valence-electron chi connectivity index (χ4n) is 4.39. The Kier molecular flexibility index (Phi) is 4.09. The normalized spacial score (nSPS) is 28.8. The van der Waals surface area contributed by atoms with Crippen molar-refractivity contribution in [2.45, 2.75) is 19.0 Å². The second-order valence-corrected chi connectivity index (χ2v) is 7.20. The highest BCUT2D eigenvalue weighted by molar-refractivity contribution is 6.06. The summed E-state index contributed by atoms with van der Waals surface area (Å²) < 4.78 is 38.2. The van der Waals surface area contributed by atoms with Crippen LogP contribution in [0.5, 0.6) is 0 Å². The van der Waals surface area contributed by atoms with Gasteiger partial charge in [-0.25, -0.2) is 0 Å². The Morgan fingerprint density at radius 3 is 2.33 bits per heavy atom. The van der Waals surface area contributed by atoms with Crippen molar-refractivity contribution in [3.05, 3.63) is 42.0 Å². The summed E-state index contributed by atoms with van der Waals surface area (Å²) in [5, 5.41) is 2.39. The van der Waals surface area contributed by atoms with E-state index in [0.717, 1.165) is 23.5 Å². The number of nitrogens with zero attached hydrogens (tertiary/aromatic N) is 1. The highest BCUT2D eigenvalue weighted by Crippen LogP contribution is 2.52. The SMILES string of the molecule is O=C(CCN1C(=O)C2C3C=CC(C3)C2C1=O)Nc1cccc(C(F)(F)F)c1. The van der Waals surface area contributed by atoms with Gasteiger partial charge in [-0.15, -0.1) is 0 Å². The lowest BCUT2D eigenvalue weighted by molar-refractivity contribution is -0.141. The van der Waals surface area contributed by atoms with Crippen molar-refractivity contribution < 1.29 is 27.6 Å². The van der Waals surface area contributed by atoms with Crippen LogP contribution in [-0.4, -0.2) is 29.2 Å². The number of carbonyl (C=O) groups is 3. The number of fused-ring (bicyclic) bond motifs is 5. The van der Waals surface area contributed by atoms with Crippen molar-refractivity contribution in [3.8, 4) is 0 Å². The van der Waals surface area contributed by atoms with Crippen LogP contribution in [0.1, 0.15) is 18.4 Å². The molecule has 4 unspecified atom stereocenters. The Hall–Kier alpha value is -2.64. The summed E-state index contributed by atoms with van der Waals surface area (Å²) in [5.74, 6) is -1.48. The highest BCUT2D eigenvalue weighted by Gasteiger charge is 2.59. The van der Waals surface area contributed by atoms with E-state index in [9.17, 15) is 27.6 Å². The zero-order valence-electron chi connectivity index (χ0n) is 14.2. The molecule has 142 valence electrons. The molecule has 1 saturated carbocycles. The van der Waals surface area contributed by atoms with Gasteiger partial charge in [0.15, 0.2) is 0 Å². The smallest absolute Gasteiger partial charge is 0.326 e. The first-order valence-corrected chi connectivity index (χ1v) is 8.76. The first-order chi connectivity index (χ1) is 12.8. The molecule has 1 N–H and O–H groups in total. The molecule has 0 aromatic heterocycles. The predicted octanol–water partition coefficient (Wildman–Crippen LogP) is 2.84. The zero-order valence-corrected chi connectivity index (χ0v) is 14.2. The van der Waals surface area contributed by atoms with Gasteiger partial charge in [0.05, 0.1) is 17.4 Å². The monoisotopic (exact) mass is 378 g/mol. The first-order valence-electron chi connectivity index (χ1n) is 8.76. The Morgan fingerprint density at radius 2 is 1.74 bits per heavy atom. The average molecular weight is 378 g/mol. The van der Waals surface area contributed by atoms with E-state index in [2.05, 4.69) is 5.32 Å². The van der Waals surface area contributed by atoms with Crippen molar-refractivity contribution in [2.75, 3.05) is 11.9 Å². The van der Waals surface area contributed by atoms with E-state index >= 15 is 0 Å². The topological polar surface area (TPSA) is 66.5 Å². The molecule has 4 rings (SSSR count). The van der Waals surface area contributed by atoms with Crippen molar-refractivity contribution in [1.29, 1.82) is 0 Å². The number of anilines is 1. The van der Waals surface area contributed by atoms with E-state index in [1.54, 1.807) is 0 Å². The zero-order chi connectivity index (χ0) is 19.3. The second kappa shape index (κ2) is 6.21. The van der Waals surface area contributed by atoms with Crippen LogP contribution in [0, 0.1) is 23.7 Å². The van der Waals surface area contributed by atoms with Gasteiger partial charge in [-0.3, -0.25) is 19.3 Å². The van der Waals surface area contributed by atoms with E-state index in [1.165, 1.54) is 12.1 Å². The number of rotatable bonds is 4. The fourth-order valence-corrected chi connectivity index (χ4v) is 4.39. The molecule has 2 aliphatic carbocycles. The molecule has 4 atom stereocenters. The number of likely N-dealkylation sites (tertiary alicyclic amines) is 1. The van der Waals surface area contributed by atoms with Crippen LogP contribution in [-0.2, 0) is 20.6 Å². The Bertz CT molecular complexity index is 819. The van der Waals surface area contributed by atoms with E-state index in [0.29, 0.717) is 0 Å². The maximum Gasteiger partial charge on any atom is 0.416 e. The second-order valence-electron chi connectivity index (χ2n) is 7.20. The maximum atomic E-state index is 12.7. The number of allylic oxidation sites excluding steroid dienone is 2. The third-order valence-electron chi connectivity index (χ3n) is 5.60. The molecule has 1 aromatic rings. The molecule has 1 heterocycles. The summed E-state index contributed by atoms with van der Waals surface area (Å²) in [4.78, 5) is 38.3. The summed E-state index contributed by atoms with van der Waals surface area (Å²) in [7, 11) is 0. The van der Waals surface area contributed by atoms with Gasteiger partial charge in [0, 0.05) is 18.7 Å². The summed E-state index contributed by atoms with van der Waals surface area (Å²) in [6.45, 7) is -0.0606. The molecule has 1 aromatic carbocycles. The van der Waals surface area contributed by atoms with Gasteiger partial charge in [0.1, 0.15) is 0 Å². The van der Waals surface area contributed by atoms with Crippen LogP contribution in [0.25, 0.3) is 0 Å². The largest absolute Gasteiger partial charge is 0.416 e. The molecule has 3 amide bonds. The lowest BCUT2D eigenvalue weighted by Crippen LogP contribution is -2.35. The number of alkyl halides is 3. The van der Waals surface area contributed by atoms with E-state index in [4.69, 9.17) is 0 Å². The van der Waals surface area contributed by atoms with Crippen LogP contribution in [0.4, 0.5) is 18.9 Å². The molecule has 8 heteroatoms. The molecule has 5 nitrogen and oxygen atoms in total. The van der Waals surface area contributed by atoms with Crippen LogP contribution in [0.2, 0.25) is 0 Å². The highest BCUT2D eigenvalue weighted by atomic mass is 19.4. The maximum absolute atomic E-state index is 12.7. The molecule has 2 bridgehead atoms. The number of nitrogens with one attached hydrogen (secondary N) is 1. The predicted molar refractivity (Wildman–Crippen MR) is 89.1 cm³/mol. The minimum Gasteiger partial charge on any atom is -0.326 e. The molecule has 0 spiro atoms. The van der Waals surface area contributed by atoms with E-state index in [-0.39, 0.29) is 54.1 Å². The minimum atomic E-state index is -4.50. The minimum absolute atomic E-state index is 0.0213. The van der Waals surface area contributed by atoms with Gasteiger partial charge in [0.2, 0.25) is 17.7 Å². The van der Waals surface area contributed by atoms with Crippen LogP contribution in [0.15, 0.2) is 36.4 Å². The molecule has 1 aliphatic heterocycles. The van der Waals surface area contributed by atoms with Crippen LogP contribution in [0.3, 0.4) is 0 Å².